The Morgan fingerprint density at radius 1 is 1.48 bits per heavy atom. The number of thioether (sulfide) groups is 1. The van der Waals surface area contributed by atoms with Crippen molar-refractivity contribution in [2.75, 3.05) is 23.4 Å². The summed E-state index contributed by atoms with van der Waals surface area (Å²) in [5, 5.41) is 13.1. The number of rotatable bonds is 6. The Bertz CT molecular complexity index is 559. The highest BCUT2D eigenvalue weighted by molar-refractivity contribution is 7.99. The van der Waals surface area contributed by atoms with Crippen LogP contribution in [-0.2, 0) is 10.3 Å². The van der Waals surface area contributed by atoms with Gasteiger partial charge in [0.25, 0.3) is 0 Å². The molecule has 0 atom stereocenters. The van der Waals surface area contributed by atoms with E-state index in [1.807, 2.05) is 0 Å². The maximum absolute atomic E-state index is 14.3. The molecule has 1 amide bonds. The molecule has 0 radical (unpaired) electrons. The predicted octanol–water partition coefficient (Wildman–Crippen LogP) is 4.06. The third-order valence-electron chi connectivity index (χ3n) is 3.82. The molecule has 1 heterocycles. The monoisotopic (exact) mass is 339 g/mol. The van der Waals surface area contributed by atoms with Gasteiger partial charge < -0.3 is 9.84 Å². The van der Waals surface area contributed by atoms with Crippen LogP contribution in [0.5, 0.6) is 0 Å². The summed E-state index contributed by atoms with van der Waals surface area (Å²) in [5.74, 6) is 1.11. The minimum absolute atomic E-state index is 0.288. The van der Waals surface area contributed by atoms with Crippen molar-refractivity contribution in [3.63, 3.8) is 0 Å². The van der Waals surface area contributed by atoms with Crippen molar-refractivity contribution >= 4 is 23.5 Å². The van der Waals surface area contributed by atoms with Crippen molar-refractivity contribution in [2.24, 2.45) is 0 Å². The minimum atomic E-state index is -1.11. The Kier molecular flexibility index (Phi) is 6.47. The summed E-state index contributed by atoms with van der Waals surface area (Å²) < 4.78 is 19.3. The van der Waals surface area contributed by atoms with E-state index in [0.717, 1.165) is 17.9 Å². The molecule has 1 saturated heterocycles. The van der Waals surface area contributed by atoms with Crippen LogP contribution in [0.4, 0.5) is 14.9 Å². The number of amides is 1. The number of anilines is 1. The first-order chi connectivity index (χ1) is 11.0. The molecule has 1 aromatic rings. The molecule has 6 heteroatoms. The third kappa shape index (κ3) is 4.97. The van der Waals surface area contributed by atoms with Gasteiger partial charge in [0, 0.05) is 11.3 Å². The predicted molar refractivity (Wildman–Crippen MR) is 91.3 cm³/mol. The number of nitrogens with one attached hydrogen (secondary N) is 1. The van der Waals surface area contributed by atoms with E-state index in [4.69, 9.17) is 4.74 Å². The zero-order valence-corrected chi connectivity index (χ0v) is 13.8. The van der Waals surface area contributed by atoms with Crippen LogP contribution < -0.4 is 5.32 Å². The van der Waals surface area contributed by atoms with Gasteiger partial charge in [0.2, 0.25) is 0 Å². The Morgan fingerprint density at radius 3 is 2.87 bits per heavy atom. The molecule has 126 valence electrons. The number of carbonyl (C=O) groups excluding carboxylic acids is 1. The zero-order valence-electron chi connectivity index (χ0n) is 13.0. The van der Waals surface area contributed by atoms with Crippen molar-refractivity contribution in [3.05, 3.63) is 42.2 Å². The van der Waals surface area contributed by atoms with Crippen LogP contribution in [0, 0.1) is 5.82 Å². The van der Waals surface area contributed by atoms with Gasteiger partial charge in [0.1, 0.15) is 5.82 Å². The molecule has 0 spiro atoms. The number of benzene rings is 1. The Labute approximate surface area is 140 Å². The lowest BCUT2D eigenvalue weighted by atomic mass is 9.87. The number of carbonyl (C=O) groups is 1. The standard InChI is InChI=1S/C17H22FNO3S/c1-2-3-4-9-22-16(20)19-13-5-6-14(15(18)12-13)17(21)7-10-23-11-8-17/h2,5-6,12,21H,1,3-4,7-11H2,(H,19,20). The fourth-order valence-electron chi connectivity index (χ4n) is 2.50. The first-order valence-corrected chi connectivity index (χ1v) is 8.85. The summed E-state index contributed by atoms with van der Waals surface area (Å²) in [4.78, 5) is 11.6. The molecule has 1 aliphatic heterocycles. The fraction of sp³-hybridized carbons (Fsp3) is 0.471. The molecule has 0 saturated carbocycles. The molecule has 2 N–H and O–H groups in total. The largest absolute Gasteiger partial charge is 0.449 e. The number of unbranched alkanes of at least 4 members (excludes halogenated alkanes) is 1. The maximum atomic E-state index is 14.3. The third-order valence-corrected chi connectivity index (χ3v) is 4.81. The molecule has 0 aromatic heterocycles. The molecule has 0 bridgehead atoms. The van der Waals surface area contributed by atoms with Gasteiger partial charge in [-0.05, 0) is 49.3 Å². The number of hydrogen-bond donors (Lipinski definition) is 2. The molecule has 2 rings (SSSR count). The van der Waals surface area contributed by atoms with Crippen molar-refractivity contribution in [1.29, 1.82) is 0 Å². The lowest BCUT2D eigenvalue weighted by Crippen LogP contribution is -2.31. The van der Waals surface area contributed by atoms with E-state index in [2.05, 4.69) is 11.9 Å². The quantitative estimate of drug-likeness (QED) is 0.606. The first kappa shape index (κ1) is 17.8. The molecule has 4 nitrogen and oxygen atoms in total. The van der Waals surface area contributed by atoms with Crippen LogP contribution in [0.2, 0.25) is 0 Å². The smallest absolute Gasteiger partial charge is 0.411 e. The molecular formula is C17H22FNO3S. The van der Waals surface area contributed by atoms with Gasteiger partial charge in [-0.25, -0.2) is 9.18 Å². The maximum Gasteiger partial charge on any atom is 0.411 e. The molecule has 23 heavy (non-hydrogen) atoms. The molecule has 1 aliphatic rings. The Morgan fingerprint density at radius 2 is 2.22 bits per heavy atom. The van der Waals surface area contributed by atoms with Crippen LogP contribution in [-0.4, -0.2) is 29.3 Å². The van der Waals surface area contributed by atoms with E-state index in [-0.39, 0.29) is 6.61 Å². The summed E-state index contributed by atoms with van der Waals surface area (Å²) in [7, 11) is 0. The van der Waals surface area contributed by atoms with Crippen LogP contribution in [0.1, 0.15) is 31.2 Å². The van der Waals surface area contributed by atoms with Crippen LogP contribution >= 0.6 is 11.8 Å². The molecular weight excluding hydrogens is 317 g/mol. The van der Waals surface area contributed by atoms with Gasteiger partial charge in [-0.2, -0.15) is 11.8 Å². The van der Waals surface area contributed by atoms with Crippen LogP contribution in [0.15, 0.2) is 30.9 Å². The Hall–Kier alpha value is -1.53. The van der Waals surface area contributed by atoms with E-state index >= 15 is 0 Å². The van der Waals surface area contributed by atoms with Gasteiger partial charge in [0.15, 0.2) is 0 Å². The second-order valence-corrected chi connectivity index (χ2v) is 6.76. The zero-order chi connectivity index (χ0) is 16.7. The fourth-order valence-corrected chi connectivity index (χ4v) is 3.66. The highest BCUT2D eigenvalue weighted by Gasteiger charge is 2.33. The van der Waals surface area contributed by atoms with Gasteiger partial charge in [-0.15, -0.1) is 6.58 Å². The summed E-state index contributed by atoms with van der Waals surface area (Å²) in [6.07, 6.45) is 3.68. The van der Waals surface area contributed by atoms with Crippen molar-refractivity contribution in [2.45, 2.75) is 31.3 Å². The van der Waals surface area contributed by atoms with E-state index in [0.29, 0.717) is 30.5 Å². The molecule has 0 unspecified atom stereocenters. The lowest BCUT2D eigenvalue weighted by Gasteiger charge is -2.32. The number of ether oxygens (including phenoxy) is 1. The van der Waals surface area contributed by atoms with Gasteiger partial charge >= 0.3 is 6.09 Å². The molecule has 1 aromatic carbocycles. The molecule has 1 fully saturated rings. The number of halogens is 1. The summed E-state index contributed by atoms with van der Waals surface area (Å²) >= 11 is 1.76. The van der Waals surface area contributed by atoms with E-state index in [1.165, 1.54) is 6.07 Å². The minimum Gasteiger partial charge on any atom is -0.449 e. The van der Waals surface area contributed by atoms with Crippen molar-refractivity contribution in [1.82, 2.24) is 0 Å². The SMILES string of the molecule is C=CCCCOC(=O)Nc1ccc(C2(O)CCSCC2)c(F)c1. The average molecular weight is 339 g/mol. The lowest BCUT2D eigenvalue weighted by molar-refractivity contribution is 0.0246. The normalized spacial score (nSPS) is 16.6. The van der Waals surface area contributed by atoms with E-state index < -0.39 is 17.5 Å². The van der Waals surface area contributed by atoms with Gasteiger partial charge in [-0.3, -0.25) is 5.32 Å². The Balaban J connectivity index is 1.96. The second kappa shape index (κ2) is 8.36. The van der Waals surface area contributed by atoms with Crippen molar-refractivity contribution in [3.8, 4) is 0 Å². The van der Waals surface area contributed by atoms with E-state index in [1.54, 1.807) is 30.0 Å². The second-order valence-electron chi connectivity index (χ2n) is 5.53. The van der Waals surface area contributed by atoms with Crippen molar-refractivity contribution < 1.29 is 19.0 Å². The highest BCUT2D eigenvalue weighted by atomic mass is 32.2. The van der Waals surface area contributed by atoms with Gasteiger partial charge in [0.05, 0.1) is 12.2 Å². The number of aliphatic hydroxyl groups is 1. The topological polar surface area (TPSA) is 58.6 Å². The summed E-state index contributed by atoms with van der Waals surface area (Å²) in [6.45, 7) is 3.88. The van der Waals surface area contributed by atoms with E-state index in [9.17, 15) is 14.3 Å². The van der Waals surface area contributed by atoms with Crippen LogP contribution in [0.3, 0.4) is 0 Å². The highest BCUT2D eigenvalue weighted by Crippen LogP contribution is 2.37. The number of allylic oxidation sites excluding steroid dienone is 1. The summed E-state index contributed by atoms with van der Waals surface area (Å²) in [6, 6.07) is 4.35. The number of hydrogen-bond acceptors (Lipinski definition) is 4. The van der Waals surface area contributed by atoms with Gasteiger partial charge in [-0.1, -0.05) is 12.1 Å². The molecule has 0 aliphatic carbocycles. The summed E-state index contributed by atoms with van der Waals surface area (Å²) in [5.41, 5.74) is -0.504. The van der Waals surface area contributed by atoms with Crippen LogP contribution in [0.25, 0.3) is 0 Å². The average Bonchev–Trinajstić information content (AvgIpc) is 2.52. The first-order valence-electron chi connectivity index (χ1n) is 7.70.